The Morgan fingerprint density at radius 2 is 1.88 bits per heavy atom. The number of rotatable bonds is 8. The molecule has 0 aliphatic heterocycles. The molecule has 6 nitrogen and oxygen atoms in total. The third kappa shape index (κ3) is 5.26. The minimum absolute atomic E-state index is 0.346. The van der Waals surface area contributed by atoms with Gasteiger partial charge in [0.1, 0.15) is 23.9 Å². The molecule has 0 fully saturated rings. The molecule has 2 aromatic carbocycles. The van der Waals surface area contributed by atoms with Gasteiger partial charge in [-0.25, -0.2) is 5.43 Å². The summed E-state index contributed by atoms with van der Waals surface area (Å²) in [5.41, 5.74) is 3.44. The summed E-state index contributed by atoms with van der Waals surface area (Å²) in [7, 11) is 3.02. The SMILES string of the molecule is C=CCOc1ccc(Cl)cc1/C=N\NC(=O)c1cc(OC)cc(OC)c1. The largest absolute Gasteiger partial charge is 0.497 e. The first kappa shape index (κ1) is 19.3. The van der Waals surface area contributed by atoms with E-state index in [4.69, 9.17) is 25.8 Å². The molecule has 136 valence electrons. The van der Waals surface area contributed by atoms with Gasteiger partial charge < -0.3 is 14.2 Å². The molecule has 0 heterocycles. The molecule has 0 aromatic heterocycles. The Hall–Kier alpha value is -2.99. The molecule has 0 atom stereocenters. The fourth-order valence-electron chi connectivity index (χ4n) is 2.06. The van der Waals surface area contributed by atoms with E-state index < -0.39 is 5.91 Å². The lowest BCUT2D eigenvalue weighted by molar-refractivity contribution is 0.0954. The normalized spacial score (nSPS) is 10.4. The van der Waals surface area contributed by atoms with E-state index in [1.807, 2.05) is 0 Å². The molecule has 0 aliphatic carbocycles. The minimum Gasteiger partial charge on any atom is -0.497 e. The third-order valence-corrected chi connectivity index (χ3v) is 3.55. The van der Waals surface area contributed by atoms with Gasteiger partial charge >= 0.3 is 0 Å². The Balaban J connectivity index is 2.14. The van der Waals surface area contributed by atoms with E-state index in [0.29, 0.717) is 40.0 Å². The van der Waals surface area contributed by atoms with Crippen molar-refractivity contribution in [2.45, 2.75) is 0 Å². The van der Waals surface area contributed by atoms with Crippen LogP contribution in [-0.4, -0.2) is 32.9 Å². The summed E-state index contributed by atoms with van der Waals surface area (Å²) in [6.07, 6.45) is 3.09. The Morgan fingerprint density at radius 1 is 1.19 bits per heavy atom. The molecule has 7 heteroatoms. The first-order valence-electron chi connectivity index (χ1n) is 7.67. The van der Waals surface area contributed by atoms with Crippen LogP contribution < -0.4 is 19.6 Å². The monoisotopic (exact) mass is 374 g/mol. The first-order valence-corrected chi connectivity index (χ1v) is 8.05. The summed E-state index contributed by atoms with van der Waals surface area (Å²) in [6.45, 7) is 3.95. The molecule has 0 bridgehead atoms. The van der Waals surface area contributed by atoms with E-state index in [9.17, 15) is 4.79 Å². The van der Waals surface area contributed by atoms with E-state index in [0.717, 1.165) is 0 Å². The van der Waals surface area contributed by atoms with E-state index in [1.54, 1.807) is 42.5 Å². The average Bonchev–Trinajstić information content (AvgIpc) is 2.66. The maximum Gasteiger partial charge on any atom is 0.271 e. The Kier molecular flexibility index (Phi) is 7.05. The number of nitrogens with one attached hydrogen (secondary N) is 1. The lowest BCUT2D eigenvalue weighted by Gasteiger charge is -2.08. The zero-order valence-electron chi connectivity index (χ0n) is 14.5. The second-order valence-electron chi connectivity index (χ2n) is 5.08. The predicted octanol–water partition coefficient (Wildman–Crippen LogP) is 3.69. The number of benzene rings is 2. The summed E-state index contributed by atoms with van der Waals surface area (Å²) >= 11 is 6.00. The number of carbonyl (C=O) groups is 1. The number of halogens is 1. The van der Waals surface area contributed by atoms with Gasteiger partial charge in [0, 0.05) is 22.2 Å². The number of nitrogens with zero attached hydrogens (tertiary/aromatic N) is 1. The summed E-state index contributed by atoms with van der Waals surface area (Å²) in [5.74, 6) is 1.19. The highest BCUT2D eigenvalue weighted by Crippen LogP contribution is 2.23. The van der Waals surface area contributed by atoms with Crippen molar-refractivity contribution >= 4 is 23.7 Å². The summed E-state index contributed by atoms with van der Waals surface area (Å²) < 4.78 is 15.8. The van der Waals surface area contributed by atoms with E-state index in [-0.39, 0.29) is 0 Å². The van der Waals surface area contributed by atoms with Gasteiger partial charge in [0.2, 0.25) is 0 Å². The van der Waals surface area contributed by atoms with Gasteiger partial charge in [-0.3, -0.25) is 4.79 Å². The second-order valence-corrected chi connectivity index (χ2v) is 5.52. The van der Waals surface area contributed by atoms with Gasteiger partial charge in [0.15, 0.2) is 0 Å². The zero-order chi connectivity index (χ0) is 18.9. The molecule has 0 radical (unpaired) electrons. The minimum atomic E-state index is -0.408. The zero-order valence-corrected chi connectivity index (χ0v) is 15.2. The molecule has 0 unspecified atom stereocenters. The van der Waals surface area contributed by atoms with Crippen molar-refractivity contribution in [2.24, 2.45) is 5.10 Å². The van der Waals surface area contributed by atoms with Crippen LogP contribution >= 0.6 is 11.6 Å². The Morgan fingerprint density at radius 3 is 2.50 bits per heavy atom. The highest BCUT2D eigenvalue weighted by atomic mass is 35.5. The molecular weight excluding hydrogens is 356 g/mol. The Bertz CT molecular complexity index is 799. The number of carbonyl (C=O) groups excluding carboxylic acids is 1. The number of methoxy groups -OCH3 is 2. The lowest BCUT2D eigenvalue weighted by atomic mass is 10.2. The van der Waals surface area contributed by atoms with Crippen LogP contribution in [0.4, 0.5) is 0 Å². The molecule has 0 saturated carbocycles. The average molecular weight is 375 g/mol. The van der Waals surface area contributed by atoms with Crippen LogP contribution in [0, 0.1) is 0 Å². The van der Waals surface area contributed by atoms with Crippen LogP contribution in [-0.2, 0) is 0 Å². The third-order valence-electron chi connectivity index (χ3n) is 3.31. The maximum atomic E-state index is 12.3. The highest BCUT2D eigenvalue weighted by Gasteiger charge is 2.09. The quantitative estimate of drug-likeness (QED) is 0.434. The summed E-state index contributed by atoms with van der Waals surface area (Å²) in [6, 6.07) is 9.97. The molecule has 26 heavy (non-hydrogen) atoms. The van der Waals surface area contributed by atoms with E-state index >= 15 is 0 Å². The highest BCUT2D eigenvalue weighted by molar-refractivity contribution is 6.30. The fraction of sp³-hybridized carbons (Fsp3) is 0.158. The summed E-state index contributed by atoms with van der Waals surface area (Å²) in [5, 5.41) is 4.50. The molecule has 2 rings (SSSR count). The van der Waals surface area contributed by atoms with Crippen LogP contribution in [0.15, 0.2) is 54.2 Å². The van der Waals surface area contributed by atoms with Gasteiger partial charge in [0.05, 0.1) is 20.4 Å². The first-order chi connectivity index (χ1) is 12.6. The van der Waals surface area contributed by atoms with Crippen molar-refractivity contribution in [3.63, 3.8) is 0 Å². The van der Waals surface area contributed by atoms with Crippen LogP contribution in [0.2, 0.25) is 5.02 Å². The fourth-order valence-corrected chi connectivity index (χ4v) is 2.24. The maximum absolute atomic E-state index is 12.3. The van der Waals surface area contributed by atoms with Crippen molar-refractivity contribution in [1.82, 2.24) is 5.43 Å². The molecule has 2 aromatic rings. The van der Waals surface area contributed by atoms with E-state index in [1.165, 1.54) is 20.4 Å². The van der Waals surface area contributed by atoms with Crippen molar-refractivity contribution in [2.75, 3.05) is 20.8 Å². The van der Waals surface area contributed by atoms with Gasteiger partial charge in [-0.1, -0.05) is 24.3 Å². The van der Waals surface area contributed by atoms with Crippen LogP contribution in [0.5, 0.6) is 17.2 Å². The van der Waals surface area contributed by atoms with Crippen LogP contribution in [0.1, 0.15) is 15.9 Å². The summed E-state index contributed by atoms with van der Waals surface area (Å²) in [4.78, 5) is 12.3. The van der Waals surface area contributed by atoms with Crippen LogP contribution in [0.3, 0.4) is 0 Å². The molecule has 0 saturated heterocycles. The predicted molar refractivity (Wildman–Crippen MR) is 102 cm³/mol. The van der Waals surface area contributed by atoms with Crippen molar-refractivity contribution in [3.8, 4) is 17.2 Å². The van der Waals surface area contributed by atoms with Gasteiger partial charge in [0.25, 0.3) is 5.91 Å². The second kappa shape index (κ2) is 9.48. The number of amides is 1. The van der Waals surface area contributed by atoms with Crippen LogP contribution in [0.25, 0.3) is 0 Å². The van der Waals surface area contributed by atoms with Crippen molar-refractivity contribution < 1.29 is 19.0 Å². The van der Waals surface area contributed by atoms with E-state index in [2.05, 4.69) is 17.1 Å². The molecular formula is C19H19ClN2O4. The van der Waals surface area contributed by atoms with Crippen molar-refractivity contribution in [3.05, 3.63) is 65.2 Å². The standard InChI is InChI=1S/C19H19ClN2O4/c1-4-7-26-18-6-5-15(20)8-14(18)12-21-22-19(23)13-9-16(24-2)11-17(10-13)25-3/h4-6,8-12H,1,7H2,2-3H3,(H,22,23)/b21-12-. The Labute approximate surface area is 157 Å². The van der Waals surface area contributed by atoms with Gasteiger partial charge in [-0.15, -0.1) is 0 Å². The lowest BCUT2D eigenvalue weighted by Crippen LogP contribution is -2.17. The molecule has 1 amide bonds. The van der Waals surface area contributed by atoms with Crippen molar-refractivity contribution in [1.29, 1.82) is 0 Å². The molecule has 0 spiro atoms. The smallest absolute Gasteiger partial charge is 0.271 e. The molecule has 0 aliphatic rings. The number of hydrogen-bond donors (Lipinski definition) is 1. The number of hydrogen-bond acceptors (Lipinski definition) is 5. The number of ether oxygens (including phenoxy) is 3. The number of hydrazone groups is 1. The molecule has 1 N–H and O–H groups in total. The van der Waals surface area contributed by atoms with Gasteiger partial charge in [-0.2, -0.15) is 5.10 Å². The topological polar surface area (TPSA) is 69.2 Å². The van der Waals surface area contributed by atoms with Gasteiger partial charge in [-0.05, 0) is 30.3 Å².